The quantitative estimate of drug-likeness (QED) is 0.391. The molecule has 8 atom stereocenters. The van der Waals surface area contributed by atoms with Crippen molar-refractivity contribution in [2.45, 2.75) is 71.6 Å². The Bertz CT molecular complexity index is 1510. The van der Waals surface area contributed by atoms with E-state index in [1.54, 1.807) is 6.07 Å². The molecule has 5 aliphatic rings. The summed E-state index contributed by atoms with van der Waals surface area (Å²) in [6, 6.07) is 13.2. The Balaban J connectivity index is 1.38. The number of carbonyl (C=O) groups excluding carboxylic acids is 2. The van der Waals surface area contributed by atoms with E-state index in [-0.39, 0.29) is 35.6 Å². The molecule has 4 aliphatic carbocycles. The highest BCUT2D eigenvalue weighted by Gasteiger charge is 2.77. The number of Topliss-reactive ketones (excluding diaryl/α,β-unsaturated/α-hetero) is 1. The number of rotatable bonds is 2. The maximum absolute atomic E-state index is 14.8. The van der Waals surface area contributed by atoms with Gasteiger partial charge in [-0.2, -0.15) is 0 Å². The first kappa shape index (κ1) is 26.1. The van der Waals surface area contributed by atoms with Gasteiger partial charge in [0, 0.05) is 5.92 Å². The van der Waals surface area contributed by atoms with Gasteiger partial charge in [-0.25, -0.2) is 4.79 Å². The Morgan fingerprint density at radius 2 is 1.80 bits per heavy atom. The summed E-state index contributed by atoms with van der Waals surface area (Å²) < 4.78 is 18.9. The van der Waals surface area contributed by atoms with E-state index in [9.17, 15) is 14.7 Å². The standard InChI is InChI=1S/C34H38O6/c1-18-16-33-19(2)14-25-26(31(25,3)4)24(27(33)35)15-21-17-38-32(5,6)40-29(21)34(33,37)28(18)39-30(36)23-13-9-11-20-10-7-8-12-22(20)23/h7-13,15-16,19,24-26,28-29,37H,14,17H2,1-6H3/t19-,24?,25?,26?,28?,29?,33?,34?/m1/s1. The third-order valence-electron chi connectivity index (χ3n) is 10.9. The number of allylic oxidation sites excluding steroid dienone is 1. The SMILES string of the molecule is CC1=CC23C(=O)C(C=C4COC(C)(C)OC4C2(O)C1OC(=O)c1cccc2ccccc12)C1C(C[C@H]3C)C1(C)C. The molecule has 0 radical (unpaired) electrons. The summed E-state index contributed by atoms with van der Waals surface area (Å²) in [6.07, 6.45) is 2.83. The highest BCUT2D eigenvalue weighted by Crippen LogP contribution is 2.72. The number of aliphatic hydroxyl groups is 1. The van der Waals surface area contributed by atoms with Crippen LogP contribution in [0.3, 0.4) is 0 Å². The number of fused-ring (bicyclic) bond motifs is 6. The first-order chi connectivity index (χ1) is 18.8. The van der Waals surface area contributed by atoms with Crippen LogP contribution in [0.4, 0.5) is 0 Å². The smallest absolute Gasteiger partial charge is 0.339 e. The summed E-state index contributed by atoms with van der Waals surface area (Å²) in [4.78, 5) is 28.7. The molecular weight excluding hydrogens is 504 g/mol. The number of carbonyl (C=O) groups is 2. The predicted molar refractivity (Wildman–Crippen MR) is 150 cm³/mol. The van der Waals surface area contributed by atoms with Crippen LogP contribution in [0.2, 0.25) is 0 Å². The van der Waals surface area contributed by atoms with Gasteiger partial charge in [0.15, 0.2) is 23.3 Å². The van der Waals surface area contributed by atoms with Gasteiger partial charge in [0.05, 0.1) is 17.6 Å². The Labute approximate surface area is 235 Å². The maximum Gasteiger partial charge on any atom is 0.339 e. The molecule has 6 heteroatoms. The van der Waals surface area contributed by atoms with E-state index in [1.807, 2.05) is 69.3 Å². The predicted octanol–water partition coefficient (Wildman–Crippen LogP) is 5.63. The molecule has 3 fully saturated rings. The van der Waals surface area contributed by atoms with Gasteiger partial charge in [-0.05, 0) is 78.3 Å². The molecule has 1 spiro atoms. The van der Waals surface area contributed by atoms with E-state index in [1.165, 1.54) is 0 Å². The Morgan fingerprint density at radius 3 is 2.58 bits per heavy atom. The molecule has 0 aromatic heterocycles. The molecule has 2 aromatic carbocycles. The van der Waals surface area contributed by atoms with Crippen LogP contribution in [0, 0.1) is 34.5 Å². The monoisotopic (exact) mass is 542 g/mol. The van der Waals surface area contributed by atoms with E-state index in [2.05, 4.69) is 20.8 Å². The average Bonchev–Trinajstić information content (AvgIpc) is 3.40. The van der Waals surface area contributed by atoms with Crippen LogP contribution < -0.4 is 0 Å². The fourth-order valence-corrected chi connectivity index (χ4v) is 8.87. The van der Waals surface area contributed by atoms with Gasteiger partial charge in [0.25, 0.3) is 0 Å². The molecule has 210 valence electrons. The van der Waals surface area contributed by atoms with E-state index in [4.69, 9.17) is 14.2 Å². The highest BCUT2D eigenvalue weighted by molar-refractivity contribution is 6.04. The molecule has 7 unspecified atom stereocenters. The minimum atomic E-state index is -1.82. The fourth-order valence-electron chi connectivity index (χ4n) is 8.87. The van der Waals surface area contributed by atoms with Gasteiger partial charge in [0.1, 0.15) is 6.10 Å². The third-order valence-corrected chi connectivity index (χ3v) is 10.9. The van der Waals surface area contributed by atoms with Crippen LogP contribution in [0.1, 0.15) is 58.3 Å². The number of benzene rings is 2. The molecule has 1 heterocycles. The molecule has 40 heavy (non-hydrogen) atoms. The summed E-state index contributed by atoms with van der Waals surface area (Å²) >= 11 is 0. The van der Waals surface area contributed by atoms with Crippen molar-refractivity contribution >= 4 is 22.5 Å². The van der Waals surface area contributed by atoms with Crippen LogP contribution in [0.5, 0.6) is 0 Å². The Morgan fingerprint density at radius 1 is 1.07 bits per heavy atom. The van der Waals surface area contributed by atoms with Crippen LogP contribution in [-0.2, 0) is 19.0 Å². The van der Waals surface area contributed by atoms with Crippen molar-refractivity contribution in [3.63, 3.8) is 0 Å². The van der Waals surface area contributed by atoms with Gasteiger partial charge in [-0.3, -0.25) is 4.79 Å². The van der Waals surface area contributed by atoms with Crippen LogP contribution in [0.25, 0.3) is 10.8 Å². The second kappa shape index (κ2) is 8.15. The van der Waals surface area contributed by atoms with E-state index in [0.29, 0.717) is 17.1 Å². The molecule has 2 aromatic rings. The Hall–Kier alpha value is -2.80. The molecule has 0 amide bonds. The van der Waals surface area contributed by atoms with Crippen molar-refractivity contribution in [1.82, 2.24) is 0 Å². The number of ketones is 1. The zero-order valence-electron chi connectivity index (χ0n) is 24.1. The Kier molecular flexibility index (Phi) is 5.32. The lowest BCUT2D eigenvalue weighted by molar-refractivity contribution is -0.302. The topological polar surface area (TPSA) is 82.1 Å². The molecule has 7 rings (SSSR count). The number of ether oxygens (including phenoxy) is 3. The van der Waals surface area contributed by atoms with Gasteiger partial charge in [-0.1, -0.05) is 69.3 Å². The number of hydrogen-bond donors (Lipinski definition) is 1. The molecule has 2 bridgehead atoms. The van der Waals surface area contributed by atoms with Gasteiger partial charge >= 0.3 is 5.97 Å². The van der Waals surface area contributed by atoms with Crippen molar-refractivity contribution in [2.24, 2.45) is 34.5 Å². The zero-order valence-corrected chi connectivity index (χ0v) is 24.1. The largest absolute Gasteiger partial charge is 0.451 e. The van der Waals surface area contributed by atoms with E-state index in [0.717, 1.165) is 22.8 Å². The molecule has 2 saturated carbocycles. The molecule has 1 N–H and O–H groups in total. The molecule has 1 saturated heterocycles. The summed E-state index contributed by atoms with van der Waals surface area (Å²) in [7, 11) is 0. The van der Waals surface area contributed by atoms with Crippen molar-refractivity contribution in [3.8, 4) is 0 Å². The summed E-state index contributed by atoms with van der Waals surface area (Å²) in [5.41, 5.74) is -1.18. The highest BCUT2D eigenvalue weighted by atomic mass is 16.7. The van der Waals surface area contributed by atoms with Crippen LogP contribution in [0.15, 0.2) is 65.8 Å². The summed E-state index contributed by atoms with van der Waals surface area (Å²) in [6.45, 7) is 12.3. The van der Waals surface area contributed by atoms with Crippen molar-refractivity contribution in [3.05, 3.63) is 71.3 Å². The summed E-state index contributed by atoms with van der Waals surface area (Å²) in [5, 5.41) is 14.9. The molecular formula is C34H38O6. The second-order valence-electron chi connectivity index (χ2n) is 13.8. The lowest BCUT2D eigenvalue weighted by atomic mass is 9.59. The maximum atomic E-state index is 14.8. The van der Waals surface area contributed by atoms with Gasteiger partial charge in [-0.15, -0.1) is 0 Å². The van der Waals surface area contributed by atoms with Crippen molar-refractivity contribution in [1.29, 1.82) is 0 Å². The van der Waals surface area contributed by atoms with Crippen molar-refractivity contribution in [2.75, 3.05) is 6.61 Å². The van der Waals surface area contributed by atoms with Crippen LogP contribution >= 0.6 is 0 Å². The normalized spacial score (nSPS) is 40.5. The van der Waals surface area contributed by atoms with E-state index < -0.39 is 35.0 Å². The first-order valence-electron chi connectivity index (χ1n) is 14.5. The third kappa shape index (κ3) is 3.21. The minimum absolute atomic E-state index is 0.00643. The zero-order chi connectivity index (χ0) is 28.4. The second-order valence-corrected chi connectivity index (χ2v) is 13.8. The van der Waals surface area contributed by atoms with Crippen molar-refractivity contribution < 1.29 is 28.9 Å². The van der Waals surface area contributed by atoms with Gasteiger partial charge in [0.2, 0.25) is 0 Å². The van der Waals surface area contributed by atoms with E-state index >= 15 is 0 Å². The summed E-state index contributed by atoms with van der Waals surface area (Å²) in [5.74, 6) is -1.48. The fraction of sp³-hybridized carbons (Fsp3) is 0.529. The first-order valence-corrected chi connectivity index (χ1v) is 14.5. The lowest BCUT2D eigenvalue weighted by Crippen LogP contribution is -2.68. The minimum Gasteiger partial charge on any atom is -0.451 e. The molecule has 1 aliphatic heterocycles. The number of hydrogen-bond acceptors (Lipinski definition) is 6. The van der Waals surface area contributed by atoms with Crippen LogP contribution in [-0.4, -0.2) is 47.1 Å². The number of esters is 1. The van der Waals surface area contributed by atoms with Gasteiger partial charge < -0.3 is 19.3 Å². The molecule has 6 nitrogen and oxygen atoms in total. The average molecular weight is 543 g/mol. The lowest BCUT2D eigenvalue weighted by Gasteiger charge is -2.52.